The van der Waals surface area contributed by atoms with E-state index in [0.717, 1.165) is 19.3 Å². The maximum absolute atomic E-state index is 13.1. The molecule has 1 unspecified atom stereocenters. The quantitative estimate of drug-likeness (QED) is 0.810. The minimum Gasteiger partial charge on any atom is -0.356 e. The molecule has 1 heterocycles. The lowest BCUT2D eigenvalue weighted by molar-refractivity contribution is -0.127. The highest BCUT2D eigenvalue weighted by Crippen LogP contribution is 2.24. The first-order chi connectivity index (χ1) is 11.9. The van der Waals surface area contributed by atoms with E-state index in [1.165, 1.54) is 18.2 Å². The van der Waals surface area contributed by atoms with Crippen molar-refractivity contribution in [1.82, 2.24) is 10.2 Å². The lowest BCUT2D eigenvalue weighted by Gasteiger charge is -2.34. The molecule has 0 spiro atoms. The van der Waals surface area contributed by atoms with Crippen LogP contribution in [0.1, 0.15) is 33.1 Å². The van der Waals surface area contributed by atoms with Gasteiger partial charge in [0.05, 0.1) is 16.8 Å². The van der Waals surface area contributed by atoms with E-state index in [-0.39, 0.29) is 28.8 Å². The van der Waals surface area contributed by atoms with Crippen molar-refractivity contribution in [3.63, 3.8) is 0 Å². The smallest absolute Gasteiger partial charge is 0.241 e. The van der Waals surface area contributed by atoms with Gasteiger partial charge in [0.15, 0.2) is 0 Å². The average molecular weight is 370 g/mol. The van der Waals surface area contributed by atoms with Crippen molar-refractivity contribution in [2.75, 3.05) is 25.0 Å². The van der Waals surface area contributed by atoms with Gasteiger partial charge < -0.3 is 10.6 Å². The van der Waals surface area contributed by atoms with E-state index >= 15 is 0 Å². The van der Waals surface area contributed by atoms with Crippen molar-refractivity contribution in [1.29, 1.82) is 0 Å². The largest absolute Gasteiger partial charge is 0.356 e. The zero-order chi connectivity index (χ0) is 18.4. The number of carbonyl (C=O) groups excluding carboxylic acids is 2. The minimum atomic E-state index is -0.445. The van der Waals surface area contributed by atoms with Gasteiger partial charge in [-0.15, -0.1) is 0 Å². The summed E-state index contributed by atoms with van der Waals surface area (Å²) in [5.41, 5.74) is 0.397. The number of likely N-dealkylation sites (tertiary alicyclic amines) is 1. The second kappa shape index (κ2) is 9.15. The van der Waals surface area contributed by atoms with Crippen molar-refractivity contribution in [3.8, 4) is 0 Å². The Morgan fingerprint density at radius 2 is 2.04 bits per heavy atom. The topological polar surface area (TPSA) is 61.4 Å². The zero-order valence-electron chi connectivity index (χ0n) is 14.6. The summed E-state index contributed by atoms with van der Waals surface area (Å²) in [5, 5.41) is 5.84. The molecule has 0 bridgehead atoms. The van der Waals surface area contributed by atoms with Crippen LogP contribution in [0.25, 0.3) is 0 Å². The van der Waals surface area contributed by atoms with Crippen LogP contribution in [0.15, 0.2) is 18.2 Å². The first kappa shape index (κ1) is 19.7. The molecule has 1 atom stereocenters. The summed E-state index contributed by atoms with van der Waals surface area (Å²) in [6, 6.07) is 3.53. The van der Waals surface area contributed by atoms with Crippen LogP contribution in [0.2, 0.25) is 5.02 Å². The normalized spacial score (nSPS) is 17.1. The summed E-state index contributed by atoms with van der Waals surface area (Å²) in [7, 11) is 0. The Labute approximate surface area is 152 Å². The molecular formula is C18H25ClFN3O2. The van der Waals surface area contributed by atoms with Gasteiger partial charge in [-0.1, -0.05) is 18.5 Å². The van der Waals surface area contributed by atoms with Crippen molar-refractivity contribution >= 4 is 29.1 Å². The highest BCUT2D eigenvalue weighted by molar-refractivity contribution is 6.33. The molecule has 25 heavy (non-hydrogen) atoms. The summed E-state index contributed by atoms with van der Waals surface area (Å²) in [4.78, 5) is 26.5. The van der Waals surface area contributed by atoms with Crippen LogP contribution in [-0.4, -0.2) is 42.4 Å². The van der Waals surface area contributed by atoms with Gasteiger partial charge >= 0.3 is 0 Å². The molecule has 2 N–H and O–H groups in total. The van der Waals surface area contributed by atoms with Crippen LogP contribution in [0.5, 0.6) is 0 Å². The molecule has 0 aliphatic carbocycles. The van der Waals surface area contributed by atoms with Crippen molar-refractivity contribution in [3.05, 3.63) is 29.0 Å². The molecular weight excluding hydrogens is 345 g/mol. The molecule has 1 aromatic carbocycles. The fraction of sp³-hybridized carbons (Fsp3) is 0.556. The zero-order valence-corrected chi connectivity index (χ0v) is 15.4. The first-order valence-electron chi connectivity index (χ1n) is 8.70. The Morgan fingerprint density at radius 3 is 2.64 bits per heavy atom. The number of benzene rings is 1. The molecule has 0 saturated carbocycles. The van der Waals surface area contributed by atoms with Gasteiger partial charge in [0.1, 0.15) is 5.82 Å². The molecule has 0 aromatic heterocycles. The Kier molecular flexibility index (Phi) is 7.20. The fourth-order valence-corrected chi connectivity index (χ4v) is 3.15. The van der Waals surface area contributed by atoms with E-state index in [1.54, 1.807) is 0 Å². The number of halogens is 2. The molecule has 1 aliphatic rings. The van der Waals surface area contributed by atoms with Crippen molar-refractivity contribution in [2.45, 2.75) is 39.2 Å². The second-order valence-electron chi connectivity index (χ2n) is 6.39. The van der Waals surface area contributed by atoms with Crippen LogP contribution in [-0.2, 0) is 9.59 Å². The van der Waals surface area contributed by atoms with Gasteiger partial charge in [-0.05, 0) is 57.5 Å². The highest BCUT2D eigenvalue weighted by atomic mass is 35.5. The first-order valence-corrected chi connectivity index (χ1v) is 9.07. The Balaban J connectivity index is 1.86. The number of nitrogens with one attached hydrogen (secondary N) is 2. The Morgan fingerprint density at radius 1 is 1.36 bits per heavy atom. The molecule has 1 aliphatic heterocycles. The van der Waals surface area contributed by atoms with Crippen LogP contribution < -0.4 is 10.6 Å². The lowest BCUT2D eigenvalue weighted by Crippen LogP contribution is -2.48. The maximum atomic E-state index is 13.1. The lowest BCUT2D eigenvalue weighted by atomic mass is 9.95. The fourth-order valence-electron chi connectivity index (χ4n) is 2.94. The van der Waals surface area contributed by atoms with E-state index in [2.05, 4.69) is 15.5 Å². The number of nitrogens with zero attached hydrogens (tertiary/aromatic N) is 1. The number of hydrogen-bond acceptors (Lipinski definition) is 3. The third kappa shape index (κ3) is 5.41. The van der Waals surface area contributed by atoms with Crippen LogP contribution >= 0.6 is 11.6 Å². The van der Waals surface area contributed by atoms with Crippen LogP contribution in [0.3, 0.4) is 0 Å². The van der Waals surface area contributed by atoms with Gasteiger partial charge in [0.2, 0.25) is 11.8 Å². The summed E-state index contributed by atoms with van der Waals surface area (Å²) in [6.07, 6.45) is 2.41. The number of carbonyl (C=O) groups is 2. The van der Waals surface area contributed by atoms with Crippen molar-refractivity contribution in [2.24, 2.45) is 5.92 Å². The van der Waals surface area contributed by atoms with Crippen LogP contribution in [0.4, 0.5) is 10.1 Å². The number of anilines is 1. The molecule has 0 radical (unpaired) electrons. The standard InChI is InChI=1S/C18H25ClFN3O2/c1-3-8-21-18(25)13-6-9-23(10-7-13)12(2)17(24)22-16-5-4-14(20)11-15(16)19/h4-5,11-13H,3,6-10H2,1-2H3,(H,21,25)(H,22,24). The van der Waals surface area contributed by atoms with Crippen molar-refractivity contribution < 1.29 is 14.0 Å². The number of hydrogen-bond donors (Lipinski definition) is 2. The minimum absolute atomic E-state index is 0.0182. The number of rotatable bonds is 6. The van der Waals surface area contributed by atoms with E-state index in [9.17, 15) is 14.0 Å². The number of piperidine rings is 1. The predicted octanol–water partition coefficient (Wildman–Crippen LogP) is 3.04. The summed E-state index contributed by atoms with van der Waals surface area (Å²) in [5.74, 6) is -0.511. The van der Waals surface area contributed by atoms with E-state index in [4.69, 9.17) is 11.6 Å². The Hall–Kier alpha value is -1.66. The molecule has 138 valence electrons. The molecule has 1 aromatic rings. The maximum Gasteiger partial charge on any atom is 0.241 e. The average Bonchev–Trinajstić information content (AvgIpc) is 2.61. The molecule has 2 amide bonds. The summed E-state index contributed by atoms with van der Waals surface area (Å²) >= 11 is 5.95. The Bertz CT molecular complexity index is 618. The third-order valence-corrected chi connectivity index (χ3v) is 4.88. The monoisotopic (exact) mass is 369 g/mol. The molecule has 5 nitrogen and oxygen atoms in total. The van der Waals surface area contributed by atoms with Gasteiger partial charge in [-0.25, -0.2) is 4.39 Å². The van der Waals surface area contributed by atoms with E-state index < -0.39 is 5.82 Å². The molecule has 2 rings (SSSR count). The van der Waals surface area contributed by atoms with E-state index in [1.807, 2.05) is 13.8 Å². The van der Waals surface area contributed by atoms with Crippen LogP contribution in [0, 0.1) is 11.7 Å². The SMILES string of the molecule is CCCNC(=O)C1CCN(C(C)C(=O)Nc2ccc(F)cc2Cl)CC1. The molecule has 7 heteroatoms. The highest BCUT2D eigenvalue weighted by Gasteiger charge is 2.29. The number of amides is 2. The van der Waals surface area contributed by atoms with Gasteiger partial charge in [-0.2, -0.15) is 0 Å². The summed E-state index contributed by atoms with van der Waals surface area (Å²) in [6.45, 7) is 5.93. The third-order valence-electron chi connectivity index (χ3n) is 4.57. The van der Waals surface area contributed by atoms with Gasteiger partial charge in [-0.3, -0.25) is 14.5 Å². The molecule has 1 fully saturated rings. The summed E-state index contributed by atoms with van der Waals surface area (Å²) < 4.78 is 13.1. The van der Waals surface area contributed by atoms with E-state index in [0.29, 0.717) is 25.3 Å². The second-order valence-corrected chi connectivity index (χ2v) is 6.80. The molecule has 1 saturated heterocycles. The van der Waals surface area contributed by atoms with Gasteiger partial charge in [0.25, 0.3) is 0 Å². The predicted molar refractivity (Wildman–Crippen MR) is 97.1 cm³/mol. The van der Waals surface area contributed by atoms with Gasteiger partial charge in [0, 0.05) is 12.5 Å².